The van der Waals surface area contributed by atoms with Crippen LogP contribution in [-0.2, 0) is 10.3 Å². The van der Waals surface area contributed by atoms with Gasteiger partial charge >= 0.3 is 0 Å². The van der Waals surface area contributed by atoms with Crippen molar-refractivity contribution >= 4 is 18.3 Å². The van der Waals surface area contributed by atoms with Crippen molar-refractivity contribution in [1.82, 2.24) is 5.32 Å². The second kappa shape index (κ2) is 5.67. The van der Waals surface area contributed by atoms with Crippen molar-refractivity contribution < 1.29 is 9.18 Å². The summed E-state index contributed by atoms with van der Waals surface area (Å²) in [7, 11) is 0. The first-order chi connectivity index (χ1) is 8.02. The lowest BCUT2D eigenvalue weighted by Gasteiger charge is -2.18. The Bertz CT molecular complexity index is 433. The Morgan fingerprint density at radius 3 is 2.72 bits per heavy atom. The molecule has 0 bridgehead atoms. The summed E-state index contributed by atoms with van der Waals surface area (Å²) in [4.78, 5) is 11.7. The Labute approximate surface area is 112 Å². The highest BCUT2D eigenvalue weighted by molar-refractivity contribution is 5.85. The molecule has 1 aromatic rings. The van der Waals surface area contributed by atoms with Gasteiger partial charge in [-0.05, 0) is 37.5 Å². The van der Waals surface area contributed by atoms with E-state index in [1.807, 2.05) is 6.07 Å². The highest BCUT2D eigenvalue weighted by Gasteiger charge is 2.45. The number of carbonyl (C=O) groups excluding carboxylic acids is 1. The van der Waals surface area contributed by atoms with Gasteiger partial charge in [0.1, 0.15) is 5.82 Å². The summed E-state index contributed by atoms with van der Waals surface area (Å²) in [6.45, 7) is 1.79. The summed E-state index contributed by atoms with van der Waals surface area (Å²) in [5.74, 6) is -0.336. The zero-order chi connectivity index (χ0) is 12.5. The zero-order valence-corrected chi connectivity index (χ0v) is 11.1. The largest absolute Gasteiger partial charge is 0.347 e. The number of halogens is 2. The molecule has 18 heavy (non-hydrogen) atoms. The minimum absolute atomic E-state index is 0. The van der Waals surface area contributed by atoms with Crippen molar-refractivity contribution in [1.29, 1.82) is 0 Å². The number of carbonyl (C=O) groups is 1. The molecule has 1 aromatic carbocycles. The van der Waals surface area contributed by atoms with E-state index in [0.29, 0.717) is 6.42 Å². The Hall–Kier alpha value is -1.13. The first-order valence-corrected chi connectivity index (χ1v) is 5.84. The summed E-state index contributed by atoms with van der Waals surface area (Å²) in [5, 5.41) is 2.96. The molecular formula is C13H18ClFN2O. The van der Waals surface area contributed by atoms with Crippen molar-refractivity contribution in [3.63, 3.8) is 0 Å². The van der Waals surface area contributed by atoms with Crippen LogP contribution in [0.1, 0.15) is 31.7 Å². The predicted octanol–water partition coefficient (Wildman–Crippen LogP) is 2.09. The Morgan fingerprint density at radius 1 is 1.56 bits per heavy atom. The van der Waals surface area contributed by atoms with Crippen LogP contribution in [0.4, 0.5) is 4.39 Å². The molecule has 3 nitrogen and oxygen atoms in total. The highest BCUT2D eigenvalue weighted by atomic mass is 35.5. The number of benzene rings is 1. The van der Waals surface area contributed by atoms with E-state index in [-0.39, 0.29) is 35.7 Å². The molecule has 5 heteroatoms. The molecule has 1 amide bonds. The molecular weight excluding hydrogens is 255 g/mol. The van der Waals surface area contributed by atoms with Crippen molar-refractivity contribution in [2.75, 3.05) is 0 Å². The van der Waals surface area contributed by atoms with Crippen molar-refractivity contribution in [2.24, 2.45) is 5.73 Å². The third-order valence-electron chi connectivity index (χ3n) is 3.01. The highest BCUT2D eigenvalue weighted by Crippen LogP contribution is 2.45. The van der Waals surface area contributed by atoms with E-state index >= 15 is 0 Å². The van der Waals surface area contributed by atoms with Gasteiger partial charge in [-0.15, -0.1) is 12.4 Å². The first-order valence-electron chi connectivity index (χ1n) is 5.84. The van der Waals surface area contributed by atoms with Gasteiger partial charge in [-0.1, -0.05) is 12.1 Å². The molecule has 1 atom stereocenters. The molecule has 0 aromatic heterocycles. The van der Waals surface area contributed by atoms with Gasteiger partial charge in [-0.3, -0.25) is 4.79 Å². The Balaban J connectivity index is 0.00000162. The van der Waals surface area contributed by atoms with Gasteiger partial charge in [-0.25, -0.2) is 4.39 Å². The van der Waals surface area contributed by atoms with E-state index in [1.54, 1.807) is 13.0 Å². The van der Waals surface area contributed by atoms with Gasteiger partial charge in [0.25, 0.3) is 0 Å². The van der Waals surface area contributed by atoms with Crippen LogP contribution in [0.3, 0.4) is 0 Å². The number of amides is 1. The van der Waals surface area contributed by atoms with E-state index in [4.69, 9.17) is 5.73 Å². The predicted molar refractivity (Wildman–Crippen MR) is 71.0 cm³/mol. The summed E-state index contributed by atoms with van der Waals surface area (Å²) in [5.41, 5.74) is 6.06. The van der Waals surface area contributed by atoms with Crippen molar-refractivity contribution in [3.05, 3.63) is 35.6 Å². The molecule has 1 unspecified atom stereocenters. The lowest BCUT2D eigenvalue weighted by Crippen LogP contribution is -2.37. The molecule has 1 aliphatic rings. The minimum Gasteiger partial charge on any atom is -0.347 e. The second-order valence-corrected chi connectivity index (χ2v) is 4.82. The van der Waals surface area contributed by atoms with Gasteiger partial charge in [-0.2, -0.15) is 0 Å². The minimum atomic E-state index is -0.353. The fourth-order valence-corrected chi connectivity index (χ4v) is 2.01. The molecule has 0 heterocycles. The van der Waals surface area contributed by atoms with Crippen LogP contribution >= 0.6 is 12.4 Å². The van der Waals surface area contributed by atoms with E-state index in [0.717, 1.165) is 18.4 Å². The van der Waals surface area contributed by atoms with Crippen LogP contribution < -0.4 is 11.1 Å². The lowest BCUT2D eigenvalue weighted by molar-refractivity contribution is -0.122. The SMILES string of the molecule is CC(N)CC(=O)NC1(c2cccc(F)c2)CC1.Cl. The maximum absolute atomic E-state index is 13.1. The van der Waals surface area contributed by atoms with E-state index in [9.17, 15) is 9.18 Å². The van der Waals surface area contributed by atoms with Crippen molar-refractivity contribution in [3.8, 4) is 0 Å². The molecule has 1 aliphatic carbocycles. The number of rotatable bonds is 4. The van der Waals surface area contributed by atoms with Crippen LogP contribution in [0.2, 0.25) is 0 Å². The van der Waals surface area contributed by atoms with E-state index in [1.165, 1.54) is 12.1 Å². The first kappa shape index (κ1) is 14.9. The second-order valence-electron chi connectivity index (χ2n) is 4.82. The normalized spacial score (nSPS) is 17.5. The molecule has 0 spiro atoms. The van der Waals surface area contributed by atoms with Crippen LogP contribution in [-0.4, -0.2) is 11.9 Å². The molecule has 3 N–H and O–H groups in total. The smallest absolute Gasteiger partial charge is 0.222 e. The van der Waals surface area contributed by atoms with Crippen molar-refractivity contribution in [2.45, 2.75) is 37.8 Å². The Kier molecular flexibility index (Phi) is 4.71. The standard InChI is InChI=1S/C13H17FN2O.ClH/c1-9(15)7-12(17)16-13(5-6-13)10-3-2-4-11(14)8-10;/h2-4,8-9H,5-7,15H2,1H3,(H,16,17);1H. The van der Waals surface area contributed by atoms with Crippen LogP contribution in [0.5, 0.6) is 0 Å². The van der Waals surface area contributed by atoms with Gasteiger partial charge in [0.15, 0.2) is 0 Å². The fourth-order valence-electron chi connectivity index (χ4n) is 2.01. The number of nitrogens with one attached hydrogen (secondary N) is 1. The molecule has 0 saturated heterocycles. The average Bonchev–Trinajstić information content (AvgIpc) is 2.97. The number of nitrogens with two attached hydrogens (primary N) is 1. The maximum atomic E-state index is 13.1. The van der Waals surface area contributed by atoms with E-state index < -0.39 is 0 Å². The van der Waals surface area contributed by atoms with Crippen LogP contribution in [0.15, 0.2) is 24.3 Å². The average molecular weight is 273 g/mol. The molecule has 100 valence electrons. The van der Waals surface area contributed by atoms with Gasteiger partial charge in [0.2, 0.25) is 5.91 Å². The van der Waals surface area contributed by atoms with Gasteiger partial charge in [0, 0.05) is 12.5 Å². The van der Waals surface area contributed by atoms with Crippen LogP contribution in [0.25, 0.3) is 0 Å². The van der Waals surface area contributed by atoms with Crippen LogP contribution in [0, 0.1) is 5.82 Å². The van der Waals surface area contributed by atoms with Gasteiger partial charge in [0.05, 0.1) is 5.54 Å². The third kappa shape index (κ3) is 3.43. The molecule has 0 radical (unpaired) electrons. The number of hydrogen-bond acceptors (Lipinski definition) is 2. The number of hydrogen-bond donors (Lipinski definition) is 2. The van der Waals surface area contributed by atoms with Gasteiger partial charge < -0.3 is 11.1 Å². The summed E-state index contributed by atoms with van der Waals surface area (Å²) >= 11 is 0. The fraction of sp³-hybridized carbons (Fsp3) is 0.462. The maximum Gasteiger partial charge on any atom is 0.222 e. The van der Waals surface area contributed by atoms with E-state index in [2.05, 4.69) is 5.32 Å². The Morgan fingerprint density at radius 2 is 2.22 bits per heavy atom. The molecule has 2 rings (SSSR count). The zero-order valence-electron chi connectivity index (χ0n) is 10.3. The summed E-state index contributed by atoms with van der Waals surface area (Å²) in [6, 6.07) is 6.26. The molecule has 0 aliphatic heterocycles. The third-order valence-corrected chi connectivity index (χ3v) is 3.01. The lowest BCUT2D eigenvalue weighted by atomic mass is 10.0. The topological polar surface area (TPSA) is 55.1 Å². The summed E-state index contributed by atoms with van der Waals surface area (Å²) in [6.07, 6.45) is 2.03. The monoisotopic (exact) mass is 272 g/mol. The summed E-state index contributed by atoms with van der Waals surface area (Å²) < 4.78 is 13.1. The molecule has 1 fully saturated rings. The molecule has 1 saturated carbocycles. The quantitative estimate of drug-likeness (QED) is 0.882.